The van der Waals surface area contributed by atoms with Crippen molar-refractivity contribution in [3.63, 3.8) is 0 Å². The molecule has 1 aliphatic rings. The Balaban J connectivity index is 1.34. The molecule has 0 spiro atoms. The van der Waals surface area contributed by atoms with Crippen LogP contribution in [0, 0.1) is 6.92 Å². The summed E-state index contributed by atoms with van der Waals surface area (Å²) in [6, 6.07) is 11.6. The zero-order chi connectivity index (χ0) is 25.0. The van der Waals surface area contributed by atoms with E-state index < -0.39 is 16.1 Å². The number of aromatic nitrogens is 2. The topological polar surface area (TPSA) is 93.5 Å². The summed E-state index contributed by atoms with van der Waals surface area (Å²) in [4.78, 5) is 16.5. The molecule has 0 bridgehead atoms. The smallest absolute Gasteiger partial charge is 0.250 e. The van der Waals surface area contributed by atoms with Gasteiger partial charge in [0.15, 0.2) is 0 Å². The molecule has 8 nitrogen and oxygen atoms in total. The second-order valence-electron chi connectivity index (χ2n) is 8.27. The van der Waals surface area contributed by atoms with Gasteiger partial charge < -0.3 is 14.6 Å². The van der Waals surface area contributed by atoms with Crippen LogP contribution in [-0.4, -0.2) is 54.0 Å². The molecule has 1 saturated heterocycles. The Kier molecular flexibility index (Phi) is 8.13. The van der Waals surface area contributed by atoms with Crippen LogP contribution >= 0.6 is 23.2 Å². The van der Waals surface area contributed by atoms with Crippen LogP contribution in [0.25, 0.3) is 5.69 Å². The number of rotatable bonds is 8. The van der Waals surface area contributed by atoms with Crippen molar-refractivity contribution >= 4 is 44.8 Å². The van der Waals surface area contributed by atoms with E-state index in [2.05, 4.69) is 10.3 Å². The average Bonchev–Trinajstić information content (AvgIpc) is 3.25. The number of ether oxygens (including phenoxy) is 1. The fourth-order valence-corrected chi connectivity index (χ4v) is 6.92. The van der Waals surface area contributed by atoms with Crippen LogP contribution in [0.3, 0.4) is 0 Å². The van der Waals surface area contributed by atoms with Crippen LogP contribution in [0.4, 0.5) is 5.69 Å². The van der Waals surface area contributed by atoms with Gasteiger partial charge in [-0.05, 0) is 56.2 Å². The molecular weight excluding hydrogens is 511 g/mol. The molecule has 0 saturated carbocycles. The SMILES string of the molecule is Cc1nccn1-c1ccc(NC(=O)COCC2CCCCN2S(=O)(=O)c2c(Cl)cccc2Cl)cc1. The number of hydrogen-bond acceptors (Lipinski definition) is 5. The second-order valence-corrected chi connectivity index (χ2v) is 10.9. The summed E-state index contributed by atoms with van der Waals surface area (Å²) < 4.78 is 35.6. The van der Waals surface area contributed by atoms with Gasteiger partial charge in [0.2, 0.25) is 15.9 Å². The number of carbonyl (C=O) groups excluding carboxylic acids is 1. The highest BCUT2D eigenvalue weighted by molar-refractivity contribution is 7.89. The van der Waals surface area contributed by atoms with Crippen LogP contribution in [0.1, 0.15) is 25.1 Å². The number of aryl methyl sites for hydroxylation is 1. The number of amides is 1. The van der Waals surface area contributed by atoms with E-state index in [1.54, 1.807) is 24.4 Å². The summed E-state index contributed by atoms with van der Waals surface area (Å²) in [6.45, 7) is 2.15. The van der Waals surface area contributed by atoms with Gasteiger partial charge in [0.1, 0.15) is 17.3 Å². The van der Waals surface area contributed by atoms with Gasteiger partial charge in [0.25, 0.3) is 0 Å². The highest BCUT2D eigenvalue weighted by atomic mass is 35.5. The van der Waals surface area contributed by atoms with Crippen molar-refractivity contribution < 1.29 is 17.9 Å². The Morgan fingerprint density at radius 3 is 2.51 bits per heavy atom. The number of carbonyl (C=O) groups is 1. The molecule has 1 aromatic heterocycles. The predicted octanol–water partition coefficient (Wildman–Crippen LogP) is 4.69. The lowest BCUT2D eigenvalue weighted by Gasteiger charge is -2.34. The second kappa shape index (κ2) is 11.1. The molecule has 11 heteroatoms. The maximum atomic E-state index is 13.3. The number of nitrogens with zero attached hydrogens (tertiary/aromatic N) is 3. The zero-order valence-corrected chi connectivity index (χ0v) is 21.5. The lowest BCUT2D eigenvalue weighted by molar-refractivity contribution is -0.121. The van der Waals surface area contributed by atoms with Crippen molar-refractivity contribution in [2.75, 3.05) is 25.1 Å². The summed E-state index contributed by atoms with van der Waals surface area (Å²) in [6.07, 6.45) is 5.81. The van der Waals surface area contributed by atoms with E-state index in [1.165, 1.54) is 16.4 Å². The molecule has 186 valence electrons. The third-order valence-corrected chi connectivity index (χ3v) is 8.77. The number of halogens is 2. The minimum absolute atomic E-state index is 0.0799. The molecule has 1 unspecified atom stereocenters. The van der Waals surface area contributed by atoms with Crippen molar-refractivity contribution in [2.45, 2.75) is 37.1 Å². The summed E-state index contributed by atoms with van der Waals surface area (Å²) in [5.41, 5.74) is 1.57. The predicted molar refractivity (Wildman–Crippen MR) is 136 cm³/mol. The molecule has 1 atom stereocenters. The minimum atomic E-state index is -3.92. The molecule has 3 aromatic rings. The Morgan fingerprint density at radius 1 is 1.14 bits per heavy atom. The van der Waals surface area contributed by atoms with Gasteiger partial charge in [0.05, 0.1) is 16.7 Å². The first-order valence-electron chi connectivity index (χ1n) is 11.2. The fourth-order valence-electron chi connectivity index (χ4n) is 4.14. The van der Waals surface area contributed by atoms with Gasteiger partial charge in [-0.1, -0.05) is 35.7 Å². The van der Waals surface area contributed by atoms with Gasteiger partial charge in [-0.3, -0.25) is 4.79 Å². The number of imidazole rings is 1. The van der Waals surface area contributed by atoms with E-state index in [9.17, 15) is 13.2 Å². The van der Waals surface area contributed by atoms with Crippen LogP contribution in [0.2, 0.25) is 10.0 Å². The molecule has 2 aromatic carbocycles. The number of nitrogens with one attached hydrogen (secondary N) is 1. The Morgan fingerprint density at radius 2 is 1.86 bits per heavy atom. The molecule has 0 radical (unpaired) electrons. The molecule has 1 N–H and O–H groups in total. The number of sulfonamides is 1. The average molecular weight is 537 g/mol. The van der Waals surface area contributed by atoms with E-state index >= 15 is 0 Å². The van der Waals surface area contributed by atoms with Crippen molar-refractivity contribution in [3.8, 4) is 5.69 Å². The van der Waals surface area contributed by atoms with Crippen LogP contribution in [0.15, 0.2) is 59.8 Å². The molecule has 0 aliphatic carbocycles. The first-order chi connectivity index (χ1) is 16.8. The van der Waals surface area contributed by atoms with Crippen molar-refractivity contribution in [1.82, 2.24) is 13.9 Å². The summed E-state index contributed by atoms with van der Waals surface area (Å²) in [5, 5.41) is 2.95. The third-order valence-electron chi connectivity index (χ3n) is 5.86. The van der Waals surface area contributed by atoms with Crippen molar-refractivity contribution in [3.05, 3.63) is 70.7 Å². The molecule has 35 heavy (non-hydrogen) atoms. The van der Waals surface area contributed by atoms with Gasteiger partial charge >= 0.3 is 0 Å². The highest BCUT2D eigenvalue weighted by Gasteiger charge is 2.36. The standard InChI is InChI=1S/C24H26Cl2N4O4S/c1-17-27-12-14-29(17)19-10-8-18(9-11-19)28-23(31)16-34-15-20-5-2-3-13-30(20)35(32,33)24-21(25)6-4-7-22(24)26/h4,6-12,14,20H,2-3,5,13,15-16H2,1H3,(H,28,31). The summed E-state index contributed by atoms with van der Waals surface area (Å²) in [5.74, 6) is 0.543. The molecule has 1 aliphatic heterocycles. The van der Waals surface area contributed by atoms with Gasteiger partial charge in [-0.15, -0.1) is 0 Å². The molecule has 4 rings (SSSR count). The van der Waals surface area contributed by atoms with Crippen LogP contribution < -0.4 is 5.32 Å². The maximum absolute atomic E-state index is 13.3. The van der Waals surface area contributed by atoms with E-state index in [0.717, 1.165) is 24.4 Å². The van der Waals surface area contributed by atoms with Crippen LogP contribution in [0.5, 0.6) is 0 Å². The number of hydrogen-bond donors (Lipinski definition) is 1. The third kappa shape index (κ3) is 5.87. The lowest BCUT2D eigenvalue weighted by Crippen LogP contribution is -2.46. The van der Waals surface area contributed by atoms with Gasteiger partial charge in [-0.25, -0.2) is 13.4 Å². The first-order valence-corrected chi connectivity index (χ1v) is 13.4. The van der Waals surface area contributed by atoms with E-state index in [1.807, 2.05) is 29.8 Å². The summed E-state index contributed by atoms with van der Waals surface area (Å²) in [7, 11) is -3.92. The molecular formula is C24H26Cl2N4O4S. The lowest BCUT2D eigenvalue weighted by atomic mass is 10.1. The summed E-state index contributed by atoms with van der Waals surface area (Å²) >= 11 is 12.3. The van der Waals surface area contributed by atoms with E-state index in [-0.39, 0.29) is 34.1 Å². The van der Waals surface area contributed by atoms with Crippen LogP contribution in [-0.2, 0) is 19.6 Å². The Labute approximate surface area is 214 Å². The fraction of sp³-hybridized carbons (Fsp3) is 0.333. The van der Waals surface area contributed by atoms with Gasteiger partial charge in [-0.2, -0.15) is 4.31 Å². The normalized spacial score (nSPS) is 16.8. The zero-order valence-electron chi connectivity index (χ0n) is 19.2. The minimum Gasteiger partial charge on any atom is -0.370 e. The molecule has 2 heterocycles. The largest absolute Gasteiger partial charge is 0.370 e. The Hall–Kier alpha value is -2.43. The van der Waals surface area contributed by atoms with Gasteiger partial charge in [0, 0.05) is 36.4 Å². The molecule has 1 fully saturated rings. The Bertz CT molecular complexity index is 1270. The maximum Gasteiger partial charge on any atom is 0.250 e. The van der Waals surface area contributed by atoms with Crippen molar-refractivity contribution in [1.29, 1.82) is 0 Å². The van der Waals surface area contributed by atoms with E-state index in [0.29, 0.717) is 18.7 Å². The monoisotopic (exact) mass is 536 g/mol. The van der Waals surface area contributed by atoms with Crippen molar-refractivity contribution in [2.24, 2.45) is 0 Å². The highest BCUT2D eigenvalue weighted by Crippen LogP contribution is 2.34. The molecule has 1 amide bonds. The van der Waals surface area contributed by atoms with E-state index in [4.69, 9.17) is 27.9 Å². The number of anilines is 1. The quantitative estimate of drug-likeness (QED) is 0.450. The number of benzene rings is 2. The first kappa shape index (κ1) is 25.7. The number of piperidine rings is 1.